The molecule has 3 aromatic carbocycles. The van der Waals surface area contributed by atoms with Gasteiger partial charge >= 0.3 is 5.97 Å². The van der Waals surface area contributed by atoms with Gasteiger partial charge in [-0.05, 0) is 38.1 Å². The van der Waals surface area contributed by atoms with E-state index in [1.54, 1.807) is 59.5 Å². The van der Waals surface area contributed by atoms with Crippen LogP contribution in [0.5, 0.6) is 17.2 Å². The zero-order chi connectivity index (χ0) is 25.5. The summed E-state index contributed by atoms with van der Waals surface area (Å²) in [6, 6.07) is 19.1. The van der Waals surface area contributed by atoms with Crippen LogP contribution in [0.1, 0.15) is 24.2 Å². The molecule has 36 heavy (non-hydrogen) atoms. The minimum absolute atomic E-state index is 0.0442. The van der Waals surface area contributed by atoms with Crippen molar-refractivity contribution < 1.29 is 28.6 Å². The summed E-state index contributed by atoms with van der Waals surface area (Å²) >= 11 is 0. The lowest BCUT2D eigenvalue weighted by Gasteiger charge is -2.29. The zero-order valence-corrected chi connectivity index (χ0v) is 20.1. The molecule has 2 N–H and O–H groups in total. The first-order valence-electron chi connectivity index (χ1n) is 11.6. The van der Waals surface area contributed by atoms with E-state index in [2.05, 4.69) is 10.6 Å². The first-order chi connectivity index (χ1) is 17.5. The fourth-order valence-electron chi connectivity index (χ4n) is 3.79. The minimum Gasteiger partial charge on any atom is -0.492 e. The van der Waals surface area contributed by atoms with Crippen molar-refractivity contribution in [1.82, 2.24) is 0 Å². The van der Waals surface area contributed by atoms with Gasteiger partial charge in [0.2, 0.25) is 5.91 Å². The molecule has 9 nitrogen and oxygen atoms in total. The fourth-order valence-corrected chi connectivity index (χ4v) is 3.79. The number of rotatable bonds is 9. The molecule has 0 radical (unpaired) electrons. The van der Waals surface area contributed by atoms with Crippen LogP contribution >= 0.6 is 0 Å². The summed E-state index contributed by atoms with van der Waals surface area (Å²) in [7, 11) is 0. The Morgan fingerprint density at radius 1 is 0.889 bits per heavy atom. The molecule has 9 heteroatoms. The summed E-state index contributed by atoms with van der Waals surface area (Å²) in [5.74, 6) is 0.0707. The molecular formula is C27H27N3O6. The Bertz CT molecular complexity index is 1260. The van der Waals surface area contributed by atoms with E-state index in [4.69, 9.17) is 14.2 Å². The number of esters is 1. The third-order valence-electron chi connectivity index (χ3n) is 5.32. The van der Waals surface area contributed by atoms with Gasteiger partial charge in [-0.15, -0.1) is 0 Å². The van der Waals surface area contributed by atoms with E-state index in [0.717, 1.165) is 0 Å². The van der Waals surface area contributed by atoms with Gasteiger partial charge in [-0.25, -0.2) is 4.79 Å². The molecule has 1 heterocycles. The number of carbonyl (C=O) groups excluding carboxylic acids is 3. The predicted molar refractivity (Wildman–Crippen MR) is 136 cm³/mol. The van der Waals surface area contributed by atoms with E-state index >= 15 is 0 Å². The average molecular weight is 490 g/mol. The zero-order valence-electron chi connectivity index (χ0n) is 20.1. The van der Waals surface area contributed by atoms with Gasteiger partial charge in [0.1, 0.15) is 18.0 Å². The Balaban J connectivity index is 1.57. The molecule has 0 saturated heterocycles. The molecule has 0 saturated carbocycles. The van der Waals surface area contributed by atoms with E-state index in [1.165, 1.54) is 0 Å². The van der Waals surface area contributed by atoms with E-state index in [-0.39, 0.29) is 24.9 Å². The minimum atomic E-state index is -0.436. The maximum Gasteiger partial charge on any atom is 0.331 e. The lowest BCUT2D eigenvalue weighted by Crippen LogP contribution is -2.41. The predicted octanol–water partition coefficient (Wildman–Crippen LogP) is 4.10. The van der Waals surface area contributed by atoms with Crippen LogP contribution in [0, 0.1) is 0 Å². The van der Waals surface area contributed by atoms with E-state index in [9.17, 15) is 14.4 Å². The number of carbonyl (C=O) groups is 3. The molecular weight excluding hydrogens is 462 g/mol. The Hall–Kier alpha value is -4.53. The molecule has 186 valence electrons. The Labute approximate surface area is 209 Å². The topological polar surface area (TPSA) is 106 Å². The summed E-state index contributed by atoms with van der Waals surface area (Å²) in [4.78, 5) is 39.4. The number of nitrogens with one attached hydrogen (secondary N) is 2. The number of hydrogen-bond acceptors (Lipinski definition) is 7. The number of fused-ring (bicyclic) bond motifs is 1. The molecule has 0 bridgehead atoms. The lowest BCUT2D eigenvalue weighted by atomic mass is 10.2. The van der Waals surface area contributed by atoms with Crippen LogP contribution in [0.25, 0.3) is 0 Å². The van der Waals surface area contributed by atoms with Gasteiger partial charge in [0.05, 0.1) is 36.8 Å². The highest BCUT2D eigenvalue weighted by molar-refractivity contribution is 6.06. The maximum atomic E-state index is 13.0. The summed E-state index contributed by atoms with van der Waals surface area (Å²) in [6.07, 6.45) is 0. The number of para-hydroxylation sites is 2. The van der Waals surface area contributed by atoms with Crippen molar-refractivity contribution in [2.75, 3.05) is 41.8 Å². The summed E-state index contributed by atoms with van der Waals surface area (Å²) < 4.78 is 16.7. The van der Waals surface area contributed by atoms with Crippen molar-refractivity contribution in [2.24, 2.45) is 0 Å². The van der Waals surface area contributed by atoms with E-state index < -0.39 is 5.97 Å². The van der Waals surface area contributed by atoms with Crippen molar-refractivity contribution in [3.05, 3.63) is 72.3 Å². The molecule has 0 atom stereocenters. The van der Waals surface area contributed by atoms with Crippen LogP contribution in [0.4, 0.5) is 17.1 Å². The molecule has 0 unspecified atom stereocenters. The number of nitrogens with zero attached hydrogens (tertiary/aromatic N) is 1. The molecule has 0 fully saturated rings. The second-order valence-electron chi connectivity index (χ2n) is 7.88. The van der Waals surface area contributed by atoms with Crippen molar-refractivity contribution >= 4 is 34.8 Å². The van der Waals surface area contributed by atoms with Gasteiger partial charge in [-0.1, -0.05) is 30.3 Å². The third kappa shape index (κ3) is 5.75. The van der Waals surface area contributed by atoms with Crippen molar-refractivity contribution in [2.45, 2.75) is 13.8 Å². The van der Waals surface area contributed by atoms with Gasteiger partial charge < -0.3 is 29.7 Å². The van der Waals surface area contributed by atoms with Gasteiger partial charge in [0, 0.05) is 17.7 Å². The first-order valence-corrected chi connectivity index (χ1v) is 11.6. The standard InChI is InChI=1S/C27H27N3O6/c1-3-34-23-15-20(29-27(33)18-10-6-5-7-11-18)24(35-4-2)14-19(23)28-25(31)16-30-17-26(32)36-22-13-9-8-12-21(22)30/h5-15H,3-4,16-17H2,1-2H3,(H,28,31)(H,29,33). The van der Waals surface area contributed by atoms with Crippen molar-refractivity contribution in [3.63, 3.8) is 0 Å². The van der Waals surface area contributed by atoms with Crippen LogP contribution in [0.15, 0.2) is 66.7 Å². The molecule has 1 aliphatic rings. The van der Waals surface area contributed by atoms with Crippen LogP contribution in [0.2, 0.25) is 0 Å². The van der Waals surface area contributed by atoms with Crippen LogP contribution in [0.3, 0.4) is 0 Å². The number of hydrogen-bond donors (Lipinski definition) is 2. The smallest absolute Gasteiger partial charge is 0.331 e. The first kappa shape index (κ1) is 24.6. The largest absolute Gasteiger partial charge is 0.492 e. The summed E-state index contributed by atoms with van der Waals surface area (Å²) in [5, 5.41) is 5.71. The summed E-state index contributed by atoms with van der Waals surface area (Å²) in [6.45, 7) is 4.22. The number of ether oxygens (including phenoxy) is 3. The normalized spacial score (nSPS) is 12.3. The SMILES string of the molecule is CCOc1cc(NC(=O)c2ccccc2)c(OCC)cc1NC(=O)CN1CC(=O)Oc2ccccc21. The van der Waals surface area contributed by atoms with Gasteiger partial charge in [0.25, 0.3) is 5.91 Å². The van der Waals surface area contributed by atoms with Gasteiger partial charge in [-0.2, -0.15) is 0 Å². The maximum absolute atomic E-state index is 13.0. The van der Waals surface area contributed by atoms with Crippen molar-refractivity contribution in [3.8, 4) is 17.2 Å². The Morgan fingerprint density at radius 3 is 2.17 bits per heavy atom. The third-order valence-corrected chi connectivity index (χ3v) is 5.32. The second kappa shape index (κ2) is 11.3. The molecule has 1 aliphatic heterocycles. The average Bonchev–Trinajstić information content (AvgIpc) is 2.87. The van der Waals surface area contributed by atoms with Gasteiger partial charge in [0.15, 0.2) is 5.75 Å². The Morgan fingerprint density at radius 2 is 1.50 bits per heavy atom. The number of anilines is 3. The number of benzene rings is 3. The molecule has 0 spiro atoms. The summed E-state index contributed by atoms with van der Waals surface area (Å²) in [5.41, 5.74) is 1.96. The monoisotopic (exact) mass is 489 g/mol. The van der Waals surface area contributed by atoms with E-state index in [0.29, 0.717) is 53.1 Å². The van der Waals surface area contributed by atoms with Crippen LogP contribution in [-0.2, 0) is 9.59 Å². The van der Waals surface area contributed by atoms with Crippen LogP contribution < -0.4 is 29.7 Å². The lowest BCUT2D eigenvalue weighted by molar-refractivity contribution is -0.133. The molecule has 4 rings (SSSR count). The van der Waals surface area contributed by atoms with Gasteiger partial charge in [-0.3, -0.25) is 9.59 Å². The molecule has 0 aromatic heterocycles. The molecule has 0 aliphatic carbocycles. The van der Waals surface area contributed by atoms with Crippen LogP contribution in [-0.4, -0.2) is 44.1 Å². The Kier molecular flexibility index (Phi) is 7.69. The molecule has 3 aromatic rings. The fraction of sp³-hybridized carbons (Fsp3) is 0.222. The van der Waals surface area contributed by atoms with Crippen molar-refractivity contribution in [1.29, 1.82) is 0 Å². The quantitative estimate of drug-likeness (QED) is 0.344. The second-order valence-corrected chi connectivity index (χ2v) is 7.88. The highest BCUT2D eigenvalue weighted by Gasteiger charge is 2.26. The van der Waals surface area contributed by atoms with E-state index in [1.807, 2.05) is 26.0 Å². The highest BCUT2D eigenvalue weighted by atomic mass is 16.5. The highest BCUT2D eigenvalue weighted by Crippen LogP contribution is 2.37. The molecule has 2 amide bonds. The number of amides is 2.